The number of piperazine rings is 1. The predicted molar refractivity (Wildman–Crippen MR) is 77.0 cm³/mol. The highest BCUT2D eigenvalue weighted by Crippen LogP contribution is 2.31. The number of hydrogen-bond acceptors (Lipinski definition) is 5. The van der Waals surface area contributed by atoms with Crippen LogP contribution in [0.5, 0.6) is 0 Å². The van der Waals surface area contributed by atoms with Crippen molar-refractivity contribution >= 4 is 39.1 Å². The fourth-order valence-corrected chi connectivity index (χ4v) is 4.08. The topological polar surface area (TPSA) is 110 Å². The molecule has 1 fully saturated rings. The molecule has 2 rings (SSSR count). The summed E-state index contributed by atoms with van der Waals surface area (Å²) in [5.74, 6) is -1.38. The van der Waals surface area contributed by atoms with E-state index in [2.05, 4.69) is 5.32 Å². The van der Waals surface area contributed by atoms with Crippen LogP contribution >= 0.6 is 11.6 Å². The lowest BCUT2D eigenvalue weighted by Crippen LogP contribution is -2.65. The molecule has 0 aliphatic carbocycles. The summed E-state index contributed by atoms with van der Waals surface area (Å²) in [7, 11) is -4.15. The van der Waals surface area contributed by atoms with Crippen LogP contribution in [-0.4, -0.2) is 36.6 Å². The Morgan fingerprint density at radius 3 is 2.57 bits per heavy atom. The van der Waals surface area contributed by atoms with Crippen molar-refractivity contribution in [3.05, 3.63) is 23.2 Å². The molecule has 1 heterocycles. The van der Waals surface area contributed by atoms with Crippen LogP contribution in [0.2, 0.25) is 5.02 Å². The van der Waals surface area contributed by atoms with Gasteiger partial charge in [0.2, 0.25) is 21.8 Å². The number of halogens is 1. The summed E-state index contributed by atoms with van der Waals surface area (Å²) in [6.45, 7) is 2.35. The number of benzene rings is 1. The minimum atomic E-state index is -4.15. The molecule has 0 spiro atoms. The highest BCUT2D eigenvalue weighted by atomic mass is 35.5. The Balaban J connectivity index is 2.59. The van der Waals surface area contributed by atoms with Gasteiger partial charge in [0.25, 0.3) is 0 Å². The van der Waals surface area contributed by atoms with Gasteiger partial charge in [0, 0.05) is 5.02 Å². The second kappa shape index (κ2) is 4.97. The molecule has 0 radical (unpaired) electrons. The molecule has 0 saturated carbocycles. The van der Waals surface area contributed by atoms with Crippen molar-refractivity contribution in [2.24, 2.45) is 0 Å². The highest BCUT2D eigenvalue weighted by Gasteiger charge is 2.48. The first-order chi connectivity index (χ1) is 9.56. The molecule has 114 valence electrons. The number of imide groups is 1. The van der Waals surface area contributed by atoms with Gasteiger partial charge in [0.1, 0.15) is 10.4 Å². The Morgan fingerprint density at radius 1 is 1.33 bits per heavy atom. The number of carbonyl (C=O) groups excluding carboxylic acids is 2. The van der Waals surface area contributed by atoms with Gasteiger partial charge in [0.15, 0.2) is 0 Å². The van der Waals surface area contributed by atoms with Gasteiger partial charge in [-0.15, -0.1) is 0 Å². The lowest BCUT2D eigenvalue weighted by Gasteiger charge is -2.38. The number of amides is 2. The van der Waals surface area contributed by atoms with Crippen LogP contribution in [0.25, 0.3) is 0 Å². The summed E-state index contributed by atoms with van der Waals surface area (Å²) in [6.07, 6.45) is 0. The number of nitrogen functional groups attached to an aromatic ring is 1. The number of carbonyl (C=O) groups is 2. The van der Waals surface area contributed by atoms with Gasteiger partial charge in [-0.05, 0) is 32.0 Å². The van der Waals surface area contributed by atoms with Gasteiger partial charge in [-0.25, -0.2) is 8.42 Å². The molecule has 3 N–H and O–H groups in total. The lowest BCUT2D eigenvalue weighted by atomic mass is 10.0. The molecule has 1 aromatic carbocycles. The van der Waals surface area contributed by atoms with Gasteiger partial charge in [-0.2, -0.15) is 4.31 Å². The van der Waals surface area contributed by atoms with Gasteiger partial charge >= 0.3 is 0 Å². The minimum absolute atomic E-state index is 0.00590. The number of nitrogens with two attached hydrogens (primary N) is 1. The standard InChI is InChI=1S/C12H14ClN3O4S/c1-12(2)11(18)15-10(17)6-16(12)21(19,20)9-5-7(13)3-4-8(9)14/h3-5H,6,14H2,1-2H3,(H,15,17,18). The fraction of sp³-hybridized carbons (Fsp3) is 0.333. The van der Waals surface area contributed by atoms with Gasteiger partial charge in [-0.1, -0.05) is 11.6 Å². The third-order valence-corrected chi connectivity index (χ3v) is 5.57. The summed E-state index contributed by atoms with van der Waals surface area (Å²) in [5.41, 5.74) is 4.27. The number of nitrogens with zero attached hydrogens (tertiary/aromatic N) is 1. The Kier molecular flexibility index (Phi) is 3.73. The number of anilines is 1. The van der Waals surface area contributed by atoms with Crippen LogP contribution in [0.1, 0.15) is 13.8 Å². The maximum absolute atomic E-state index is 12.7. The molecule has 0 bridgehead atoms. The van der Waals surface area contributed by atoms with E-state index in [1.807, 2.05) is 0 Å². The van der Waals surface area contributed by atoms with E-state index in [4.69, 9.17) is 17.3 Å². The van der Waals surface area contributed by atoms with E-state index in [0.29, 0.717) is 0 Å². The molecule has 0 atom stereocenters. The predicted octanol–water partition coefficient (Wildman–Crippen LogP) is 0.348. The van der Waals surface area contributed by atoms with Crippen LogP contribution in [-0.2, 0) is 19.6 Å². The second-order valence-corrected chi connectivity index (χ2v) is 7.40. The molecule has 2 amide bonds. The zero-order chi connectivity index (χ0) is 16.0. The third kappa shape index (κ3) is 2.61. The summed E-state index contributed by atoms with van der Waals surface area (Å²) < 4.78 is 26.3. The number of sulfonamides is 1. The van der Waals surface area contributed by atoms with E-state index in [1.165, 1.54) is 32.0 Å². The van der Waals surface area contributed by atoms with Crippen molar-refractivity contribution in [1.82, 2.24) is 9.62 Å². The summed E-state index contributed by atoms with van der Waals surface area (Å²) in [4.78, 5) is 23.1. The van der Waals surface area contributed by atoms with E-state index in [-0.39, 0.29) is 15.6 Å². The minimum Gasteiger partial charge on any atom is -0.398 e. The van der Waals surface area contributed by atoms with Crippen molar-refractivity contribution in [1.29, 1.82) is 0 Å². The first-order valence-electron chi connectivity index (χ1n) is 5.99. The van der Waals surface area contributed by atoms with E-state index >= 15 is 0 Å². The van der Waals surface area contributed by atoms with Crippen molar-refractivity contribution < 1.29 is 18.0 Å². The number of nitrogens with one attached hydrogen (secondary N) is 1. The molecular weight excluding hydrogens is 318 g/mol. The second-order valence-electron chi connectivity index (χ2n) is 5.13. The van der Waals surface area contributed by atoms with E-state index in [1.54, 1.807) is 0 Å². The van der Waals surface area contributed by atoms with Gasteiger partial charge in [-0.3, -0.25) is 14.9 Å². The molecule has 21 heavy (non-hydrogen) atoms. The van der Waals surface area contributed by atoms with E-state index < -0.39 is 33.9 Å². The average Bonchev–Trinajstić information content (AvgIpc) is 2.36. The quantitative estimate of drug-likeness (QED) is 0.600. The summed E-state index contributed by atoms with van der Waals surface area (Å²) >= 11 is 5.81. The number of rotatable bonds is 2. The molecular formula is C12H14ClN3O4S. The highest BCUT2D eigenvalue weighted by molar-refractivity contribution is 7.89. The zero-order valence-corrected chi connectivity index (χ0v) is 13.0. The maximum atomic E-state index is 12.7. The maximum Gasteiger partial charge on any atom is 0.247 e. The smallest absolute Gasteiger partial charge is 0.247 e. The van der Waals surface area contributed by atoms with Crippen LogP contribution in [0, 0.1) is 0 Å². The monoisotopic (exact) mass is 331 g/mol. The van der Waals surface area contributed by atoms with E-state index in [9.17, 15) is 18.0 Å². The van der Waals surface area contributed by atoms with Gasteiger partial charge < -0.3 is 5.73 Å². The Labute approximate surface area is 127 Å². The zero-order valence-electron chi connectivity index (χ0n) is 11.4. The lowest BCUT2D eigenvalue weighted by molar-refractivity contribution is -0.141. The van der Waals surface area contributed by atoms with Crippen LogP contribution in [0.4, 0.5) is 5.69 Å². The molecule has 1 saturated heterocycles. The van der Waals surface area contributed by atoms with Crippen molar-refractivity contribution in [2.75, 3.05) is 12.3 Å². The molecule has 9 heteroatoms. The molecule has 0 aromatic heterocycles. The van der Waals surface area contributed by atoms with Crippen molar-refractivity contribution in [3.63, 3.8) is 0 Å². The Morgan fingerprint density at radius 2 is 1.95 bits per heavy atom. The number of hydrogen-bond donors (Lipinski definition) is 2. The van der Waals surface area contributed by atoms with Gasteiger partial charge in [0.05, 0.1) is 12.2 Å². The molecule has 0 unspecified atom stereocenters. The van der Waals surface area contributed by atoms with E-state index in [0.717, 1.165) is 4.31 Å². The van der Waals surface area contributed by atoms with Crippen LogP contribution < -0.4 is 11.1 Å². The first kappa shape index (κ1) is 15.7. The molecule has 7 nitrogen and oxygen atoms in total. The molecule has 1 aliphatic rings. The van der Waals surface area contributed by atoms with Crippen molar-refractivity contribution in [2.45, 2.75) is 24.3 Å². The molecule has 1 aliphatic heterocycles. The Hall–Kier alpha value is -1.64. The largest absolute Gasteiger partial charge is 0.398 e. The SMILES string of the molecule is CC1(C)C(=O)NC(=O)CN1S(=O)(=O)c1cc(Cl)ccc1N. The third-order valence-electron chi connectivity index (χ3n) is 3.26. The average molecular weight is 332 g/mol. The summed E-state index contributed by atoms with van der Waals surface area (Å²) in [6, 6.07) is 4.00. The fourth-order valence-electron chi connectivity index (χ4n) is 2.00. The van der Waals surface area contributed by atoms with Crippen molar-refractivity contribution in [3.8, 4) is 0 Å². The van der Waals surface area contributed by atoms with Crippen LogP contribution in [0.15, 0.2) is 23.1 Å². The first-order valence-corrected chi connectivity index (χ1v) is 7.81. The normalized spacial score (nSPS) is 19.4. The van der Waals surface area contributed by atoms with Crippen LogP contribution in [0.3, 0.4) is 0 Å². The molecule has 1 aromatic rings. The summed E-state index contributed by atoms with van der Waals surface area (Å²) in [5, 5.41) is 2.30. The Bertz CT molecular complexity index is 730.